The van der Waals surface area contributed by atoms with E-state index in [-0.39, 0.29) is 5.69 Å². The van der Waals surface area contributed by atoms with E-state index in [2.05, 4.69) is 16.9 Å². The Balaban J connectivity index is 2.15. The van der Waals surface area contributed by atoms with Crippen LogP contribution in [0, 0.1) is 5.92 Å². The maximum absolute atomic E-state index is 11.1. The highest BCUT2D eigenvalue weighted by molar-refractivity contribution is 5.90. The fourth-order valence-corrected chi connectivity index (χ4v) is 2.27. The molecule has 92 valence electrons. The van der Waals surface area contributed by atoms with Gasteiger partial charge in [0.05, 0.1) is 0 Å². The van der Waals surface area contributed by atoms with Crippen molar-refractivity contribution >= 4 is 11.8 Å². The van der Waals surface area contributed by atoms with Crippen molar-refractivity contribution in [3.63, 3.8) is 0 Å². The number of nitrogens with zero attached hydrogens (tertiary/aromatic N) is 3. The van der Waals surface area contributed by atoms with Crippen LogP contribution in [-0.2, 0) is 0 Å². The molecule has 0 aromatic carbocycles. The molecule has 17 heavy (non-hydrogen) atoms. The molecule has 1 N–H and O–H groups in total. The van der Waals surface area contributed by atoms with Gasteiger partial charge in [0.1, 0.15) is 0 Å². The number of rotatable bonds is 3. The normalized spacial score (nSPS) is 17.1. The molecular formula is C12H17N3O2. The van der Waals surface area contributed by atoms with Crippen molar-refractivity contribution < 1.29 is 9.90 Å². The fraction of sp³-hybridized carbons (Fsp3) is 0.583. The number of carboxylic acid groups (broad SMARTS) is 1. The van der Waals surface area contributed by atoms with Crippen LogP contribution < -0.4 is 4.90 Å². The third-order valence-electron chi connectivity index (χ3n) is 3.37. The van der Waals surface area contributed by atoms with Gasteiger partial charge in [-0.3, -0.25) is 0 Å². The van der Waals surface area contributed by atoms with Crippen LogP contribution in [0.2, 0.25) is 0 Å². The van der Waals surface area contributed by atoms with E-state index in [1.165, 1.54) is 12.6 Å². The van der Waals surface area contributed by atoms with Gasteiger partial charge >= 0.3 is 5.97 Å². The highest BCUT2D eigenvalue weighted by Crippen LogP contribution is 2.24. The van der Waals surface area contributed by atoms with Crippen molar-refractivity contribution in [3.8, 4) is 0 Å². The number of hydrogen-bond acceptors (Lipinski definition) is 4. The summed E-state index contributed by atoms with van der Waals surface area (Å²) in [5.41, 5.74) is 0.0578. The average molecular weight is 235 g/mol. The molecule has 2 rings (SSSR count). The molecule has 5 nitrogen and oxygen atoms in total. The van der Waals surface area contributed by atoms with E-state index in [0.717, 1.165) is 31.8 Å². The summed E-state index contributed by atoms with van der Waals surface area (Å²) in [6, 6.07) is 0. The van der Waals surface area contributed by atoms with Crippen molar-refractivity contribution in [2.75, 3.05) is 18.0 Å². The molecule has 0 aliphatic carbocycles. The van der Waals surface area contributed by atoms with Crippen LogP contribution in [0.4, 0.5) is 5.82 Å². The van der Waals surface area contributed by atoms with Crippen LogP contribution in [0.15, 0.2) is 12.4 Å². The zero-order chi connectivity index (χ0) is 12.3. The first-order valence-electron chi connectivity index (χ1n) is 6.01. The smallest absolute Gasteiger partial charge is 0.358 e. The monoisotopic (exact) mass is 235 g/mol. The third kappa shape index (κ3) is 2.54. The molecule has 0 unspecified atom stereocenters. The molecule has 0 spiro atoms. The zero-order valence-corrected chi connectivity index (χ0v) is 9.96. The summed E-state index contributed by atoms with van der Waals surface area (Å²) in [7, 11) is 0. The van der Waals surface area contributed by atoms with Crippen LogP contribution in [0.1, 0.15) is 36.7 Å². The number of carboxylic acids is 1. The summed E-state index contributed by atoms with van der Waals surface area (Å²) in [6.45, 7) is 3.94. The van der Waals surface area contributed by atoms with Crippen molar-refractivity contribution in [3.05, 3.63) is 18.1 Å². The lowest BCUT2D eigenvalue weighted by Gasteiger charge is -2.32. The number of piperidine rings is 1. The molecule has 1 aromatic heterocycles. The Morgan fingerprint density at radius 1 is 1.41 bits per heavy atom. The Bertz CT molecular complexity index is 400. The Labute approximate surface area is 100 Å². The van der Waals surface area contributed by atoms with E-state index >= 15 is 0 Å². The van der Waals surface area contributed by atoms with Gasteiger partial charge in [-0.15, -0.1) is 0 Å². The van der Waals surface area contributed by atoms with Gasteiger partial charge in [-0.25, -0.2) is 14.8 Å². The Hall–Kier alpha value is -1.65. The highest BCUT2D eigenvalue weighted by Gasteiger charge is 2.23. The zero-order valence-electron chi connectivity index (χ0n) is 9.96. The Kier molecular flexibility index (Phi) is 3.56. The first-order chi connectivity index (χ1) is 8.22. The minimum Gasteiger partial charge on any atom is -0.476 e. The van der Waals surface area contributed by atoms with E-state index in [1.54, 1.807) is 6.20 Å². The van der Waals surface area contributed by atoms with Gasteiger partial charge in [-0.1, -0.05) is 13.3 Å². The minimum absolute atomic E-state index is 0.0578. The number of hydrogen-bond donors (Lipinski definition) is 1. The van der Waals surface area contributed by atoms with Gasteiger partial charge in [-0.2, -0.15) is 0 Å². The van der Waals surface area contributed by atoms with Crippen molar-refractivity contribution in [2.45, 2.75) is 26.2 Å². The van der Waals surface area contributed by atoms with Gasteiger partial charge in [0.25, 0.3) is 0 Å². The van der Waals surface area contributed by atoms with Crippen molar-refractivity contribution in [1.82, 2.24) is 9.97 Å². The standard InChI is InChI=1S/C12H17N3O2/c1-2-9-3-7-15(8-4-9)11-10(12(16)17)13-5-6-14-11/h5-6,9H,2-4,7-8H2,1H3,(H,16,17). The molecule has 1 saturated heterocycles. The lowest BCUT2D eigenvalue weighted by Crippen LogP contribution is -2.35. The van der Waals surface area contributed by atoms with Gasteiger partial charge < -0.3 is 10.0 Å². The van der Waals surface area contributed by atoms with Crippen molar-refractivity contribution in [1.29, 1.82) is 0 Å². The number of aromatic carboxylic acids is 1. The predicted octanol–water partition coefficient (Wildman–Crippen LogP) is 1.80. The molecule has 1 aliphatic heterocycles. The number of aromatic nitrogens is 2. The highest BCUT2D eigenvalue weighted by atomic mass is 16.4. The molecule has 2 heterocycles. The molecule has 0 radical (unpaired) electrons. The topological polar surface area (TPSA) is 66.3 Å². The van der Waals surface area contributed by atoms with E-state index in [1.807, 2.05) is 4.90 Å². The number of anilines is 1. The average Bonchev–Trinajstić information content (AvgIpc) is 2.39. The molecule has 5 heteroatoms. The first kappa shape index (κ1) is 11.8. The second-order valence-corrected chi connectivity index (χ2v) is 4.37. The maximum atomic E-state index is 11.1. The van der Waals surface area contributed by atoms with Crippen LogP contribution in [0.3, 0.4) is 0 Å². The minimum atomic E-state index is -1.01. The Morgan fingerprint density at radius 2 is 2.06 bits per heavy atom. The van der Waals surface area contributed by atoms with Crippen LogP contribution >= 0.6 is 0 Å². The molecule has 0 amide bonds. The summed E-state index contributed by atoms with van der Waals surface area (Å²) in [6.07, 6.45) is 6.37. The fourth-order valence-electron chi connectivity index (χ4n) is 2.27. The van der Waals surface area contributed by atoms with Gasteiger partial charge in [0.2, 0.25) is 0 Å². The number of carbonyl (C=O) groups is 1. The summed E-state index contributed by atoms with van der Waals surface area (Å²) in [5, 5.41) is 9.07. The van der Waals surface area contributed by atoms with E-state index in [9.17, 15) is 4.79 Å². The predicted molar refractivity (Wildman–Crippen MR) is 64.2 cm³/mol. The quantitative estimate of drug-likeness (QED) is 0.865. The van der Waals surface area contributed by atoms with Crippen LogP contribution in [-0.4, -0.2) is 34.1 Å². The molecule has 1 aliphatic rings. The van der Waals surface area contributed by atoms with Crippen LogP contribution in [0.5, 0.6) is 0 Å². The maximum Gasteiger partial charge on any atom is 0.358 e. The first-order valence-corrected chi connectivity index (χ1v) is 6.01. The van der Waals surface area contributed by atoms with E-state index < -0.39 is 5.97 Å². The SMILES string of the molecule is CCC1CCN(c2nccnc2C(=O)O)CC1. The second kappa shape index (κ2) is 5.12. The molecule has 0 atom stereocenters. The molecule has 1 fully saturated rings. The van der Waals surface area contributed by atoms with E-state index in [0.29, 0.717) is 5.82 Å². The van der Waals surface area contributed by atoms with Crippen molar-refractivity contribution in [2.24, 2.45) is 5.92 Å². The van der Waals surface area contributed by atoms with Gasteiger partial charge in [0.15, 0.2) is 11.5 Å². The molecule has 1 aromatic rings. The lowest BCUT2D eigenvalue weighted by molar-refractivity contribution is 0.0690. The Morgan fingerprint density at radius 3 is 2.65 bits per heavy atom. The summed E-state index contributed by atoms with van der Waals surface area (Å²) in [5.74, 6) is 0.261. The van der Waals surface area contributed by atoms with Gasteiger partial charge in [-0.05, 0) is 18.8 Å². The van der Waals surface area contributed by atoms with Crippen LogP contribution in [0.25, 0.3) is 0 Å². The summed E-state index contributed by atoms with van der Waals surface area (Å²) in [4.78, 5) is 21.1. The molecule has 0 saturated carbocycles. The third-order valence-corrected chi connectivity index (χ3v) is 3.37. The van der Waals surface area contributed by atoms with E-state index in [4.69, 9.17) is 5.11 Å². The summed E-state index contributed by atoms with van der Waals surface area (Å²) < 4.78 is 0. The lowest BCUT2D eigenvalue weighted by atomic mass is 9.94. The largest absolute Gasteiger partial charge is 0.476 e. The van der Waals surface area contributed by atoms with Gasteiger partial charge in [0, 0.05) is 25.5 Å². The molecular weight excluding hydrogens is 218 g/mol. The molecule has 0 bridgehead atoms. The summed E-state index contributed by atoms with van der Waals surface area (Å²) >= 11 is 0. The second-order valence-electron chi connectivity index (χ2n) is 4.37.